The molecule has 15 nitrogen and oxygen atoms in total. The number of fused-ring (bicyclic) bond motifs is 1. The Morgan fingerprint density at radius 3 is 2.18 bits per heavy atom. The lowest BCUT2D eigenvalue weighted by atomic mass is 10.0. The molecule has 15 heteroatoms. The number of hydrogen-bond donors (Lipinski definition) is 9. The van der Waals surface area contributed by atoms with Crippen LogP contribution in [0.4, 0.5) is 0 Å². The molecule has 5 unspecified atom stereocenters. The molecule has 2 aromatic rings. The Labute approximate surface area is 222 Å². The largest absolute Gasteiger partial charge is 0.481 e. The Hall–Kier alpha value is -4.50. The van der Waals surface area contributed by atoms with Crippen molar-refractivity contribution in [1.29, 1.82) is 0 Å². The fourth-order valence-corrected chi connectivity index (χ4v) is 3.77. The number of aliphatic carboxylic acids is 2. The van der Waals surface area contributed by atoms with Crippen molar-refractivity contribution in [2.24, 2.45) is 11.5 Å². The number of nitrogens with one attached hydrogen (secondary N) is 4. The third-order valence-electron chi connectivity index (χ3n) is 5.81. The molecule has 1 heterocycles. The van der Waals surface area contributed by atoms with Gasteiger partial charge in [0.15, 0.2) is 0 Å². The number of benzene rings is 1. The van der Waals surface area contributed by atoms with E-state index in [1.807, 2.05) is 24.3 Å². The summed E-state index contributed by atoms with van der Waals surface area (Å²) in [5.41, 5.74) is 12.8. The molecule has 39 heavy (non-hydrogen) atoms. The lowest BCUT2D eigenvalue weighted by Crippen LogP contribution is -2.60. The molecule has 0 aliphatic heterocycles. The minimum absolute atomic E-state index is 0.0897. The zero-order chi connectivity index (χ0) is 29.3. The number of nitrogens with two attached hydrogens (primary N) is 2. The number of aromatic nitrogens is 1. The quantitative estimate of drug-likeness (QED) is 0.115. The average Bonchev–Trinajstić information content (AvgIpc) is 3.26. The number of carboxylic acids is 2. The molecule has 2 rings (SSSR count). The van der Waals surface area contributed by atoms with Gasteiger partial charge in [-0.05, 0) is 31.4 Å². The first kappa shape index (κ1) is 30.7. The van der Waals surface area contributed by atoms with E-state index in [4.69, 9.17) is 16.6 Å². The first-order valence-electron chi connectivity index (χ1n) is 11.9. The fraction of sp³-hybridized carbons (Fsp3) is 0.417. The Bertz CT molecular complexity index is 1230. The summed E-state index contributed by atoms with van der Waals surface area (Å²) in [6, 6.07) is 1.31. The molecule has 11 N–H and O–H groups in total. The van der Waals surface area contributed by atoms with Crippen LogP contribution in [0.5, 0.6) is 0 Å². The number of amides is 4. The van der Waals surface area contributed by atoms with Crippen LogP contribution >= 0.6 is 0 Å². The Morgan fingerprint density at radius 2 is 1.59 bits per heavy atom. The monoisotopic (exact) mass is 548 g/mol. The van der Waals surface area contributed by atoms with Gasteiger partial charge in [-0.2, -0.15) is 0 Å². The number of para-hydroxylation sites is 1. The number of carbonyl (C=O) groups excluding carboxylic acids is 4. The molecule has 1 aromatic heterocycles. The van der Waals surface area contributed by atoms with E-state index in [1.165, 1.54) is 0 Å². The van der Waals surface area contributed by atoms with Gasteiger partial charge in [0, 0.05) is 23.5 Å². The fourth-order valence-electron chi connectivity index (χ4n) is 3.77. The van der Waals surface area contributed by atoms with E-state index in [0.29, 0.717) is 0 Å². The van der Waals surface area contributed by atoms with Crippen LogP contribution < -0.4 is 27.4 Å². The molecule has 0 fully saturated rings. The van der Waals surface area contributed by atoms with Crippen LogP contribution in [0.3, 0.4) is 0 Å². The van der Waals surface area contributed by atoms with Crippen molar-refractivity contribution < 1.29 is 44.1 Å². The second-order valence-corrected chi connectivity index (χ2v) is 8.96. The second kappa shape index (κ2) is 13.9. The first-order valence-corrected chi connectivity index (χ1v) is 11.9. The molecule has 212 valence electrons. The van der Waals surface area contributed by atoms with Crippen LogP contribution in [-0.4, -0.2) is 86.1 Å². The third kappa shape index (κ3) is 9.08. The number of hydrogen-bond acceptors (Lipinski definition) is 8. The van der Waals surface area contributed by atoms with Crippen molar-refractivity contribution in [3.05, 3.63) is 36.0 Å². The SMILES string of the molecule is CC(O)C(NC(=O)C(CC(N)=O)NC(=O)C(N)Cc1c[nH]c2ccccc12)C(=O)NC(CCC(=O)O)C(=O)O. The van der Waals surface area contributed by atoms with Gasteiger partial charge in [0.1, 0.15) is 18.1 Å². The van der Waals surface area contributed by atoms with Crippen molar-refractivity contribution in [2.75, 3.05) is 0 Å². The van der Waals surface area contributed by atoms with E-state index in [2.05, 4.69) is 20.9 Å². The van der Waals surface area contributed by atoms with Crippen molar-refractivity contribution in [2.45, 2.75) is 62.9 Å². The smallest absolute Gasteiger partial charge is 0.326 e. The number of rotatable bonds is 15. The van der Waals surface area contributed by atoms with Crippen molar-refractivity contribution in [3.8, 4) is 0 Å². The maximum Gasteiger partial charge on any atom is 0.326 e. The lowest BCUT2D eigenvalue weighted by molar-refractivity contribution is -0.144. The summed E-state index contributed by atoms with van der Waals surface area (Å²) in [6.07, 6.45) is -1.44. The zero-order valence-corrected chi connectivity index (χ0v) is 21.0. The summed E-state index contributed by atoms with van der Waals surface area (Å²) in [4.78, 5) is 75.1. The maximum atomic E-state index is 12.9. The number of aliphatic hydroxyl groups excluding tert-OH is 1. The van der Waals surface area contributed by atoms with E-state index < -0.39 is 85.1 Å². The van der Waals surface area contributed by atoms with Crippen molar-refractivity contribution in [3.63, 3.8) is 0 Å². The van der Waals surface area contributed by atoms with Crippen LogP contribution in [0.25, 0.3) is 10.9 Å². The molecule has 0 bridgehead atoms. The van der Waals surface area contributed by atoms with Gasteiger partial charge in [-0.1, -0.05) is 18.2 Å². The van der Waals surface area contributed by atoms with Gasteiger partial charge in [0.25, 0.3) is 0 Å². The van der Waals surface area contributed by atoms with Crippen LogP contribution in [0.2, 0.25) is 0 Å². The standard InChI is InChI=1S/C24H32N6O9/c1-11(31)20(23(37)28-16(24(38)39)6-7-19(33)34)30-22(36)17(9-18(26)32)29-21(35)14(25)8-12-10-27-15-5-3-2-4-13(12)15/h2-5,10-11,14,16-17,20,27,31H,6-9,25H2,1H3,(H2,26,32)(H,28,37)(H,29,35)(H,30,36)(H,33,34)(H,38,39). The summed E-state index contributed by atoms with van der Waals surface area (Å²) in [5, 5.41) is 35.5. The third-order valence-corrected chi connectivity index (χ3v) is 5.81. The number of primary amides is 1. The number of aromatic amines is 1. The van der Waals surface area contributed by atoms with Crippen LogP contribution in [-0.2, 0) is 35.2 Å². The van der Waals surface area contributed by atoms with E-state index in [-0.39, 0.29) is 6.42 Å². The van der Waals surface area contributed by atoms with Crippen LogP contribution in [0.1, 0.15) is 31.7 Å². The predicted molar refractivity (Wildman–Crippen MR) is 136 cm³/mol. The van der Waals surface area contributed by atoms with Gasteiger partial charge in [-0.25, -0.2) is 4.79 Å². The van der Waals surface area contributed by atoms with Crippen LogP contribution in [0.15, 0.2) is 30.5 Å². The highest BCUT2D eigenvalue weighted by Gasteiger charge is 2.33. The summed E-state index contributed by atoms with van der Waals surface area (Å²) in [6.45, 7) is 1.14. The molecule has 0 spiro atoms. The van der Waals surface area contributed by atoms with Crippen molar-refractivity contribution >= 4 is 46.5 Å². The van der Waals surface area contributed by atoms with E-state index in [9.17, 15) is 39.0 Å². The molecule has 1 aromatic carbocycles. The van der Waals surface area contributed by atoms with Gasteiger partial charge >= 0.3 is 11.9 Å². The van der Waals surface area contributed by atoms with Gasteiger partial charge in [-0.3, -0.25) is 24.0 Å². The number of aliphatic hydroxyl groups is 1. The van der Waals surface area contributed by atoms with Gasteiger partial charge in [-0.15, -0.1) is 0 Å². The Morgan fingerprint density at radius 1 is 0.949 bits per heavy atom. The highest BCUT2D eigenvalue weighted by Crippen LogP contribution is 2.18. The average molecular weight is 549 g/mol. The van der Waals surface area contributed by atoms with E-state index >= 15 is 0 Å². The van der Waals surface area contributed by atoms with E-state index in [1.54, 1.807) is 6.20 Å². The van der Waals surface area contributed by atoms with Gasteiger partial charge in [0.05, 0.1) is 18.6 Å². The van der Waals surface area contributed by atoms with Gasteiger partial charge < -0.3 is 47.7 Å². The van der Waals surface area contributed by atoms with Crippen LogP contribution in [0, 0.1) is 0 Å². The van der Waals surface area contributed by atoms with Crippen molar-refractivity contribution in [1.82, 2.24) is 20.9 Å². The molecular weight excluding hydrogens is 516 g/mol. The zero-order valence-electron chi connectivity index (χ0n) is 21.0. The second-order valence-electron chi connectivity index (χ2n) is 8.96. The Kier molecular flexibility index (Phi) is 10.9. The molecule has 0 radical (unpaired) electrons. The molecule has 0 aliphatic rings. The summed E-state index contributed by atoms with van der Waals surface area (Å²) in [7, 11) is 0. The lowest BCUT2D eigenvalue weighted by Gasteiger charge is -2.26. The summed E-state index contributed by atoms with van der Waals surface area (Å²) >= 11 is 0. The summed E-state index contributed by atoms with van der Waals surface area (Å²) in [5.74, 6) is -6.76. The molecule has 0 aliphatic carbocycles. The predicted octanol–water partition coefficient (Wildman–Crippen LogP) is -2.30. The normalized spacial score (nSPS) is 14.8. The number of H-pyrrole nitrogens is 1. The molecule has 0 saturated heterocycles. The minimum atomic E-state index is -1.71. The Balaban J connectivity index is 2.11. The summed E-state index contributed by atoms with van der Waals surface area (Å²) < 4.78 is 0. The molecule has 0 saturated carbocycles. The highest BCUT2D eigenvalue weighted by molar-refractivity contribution is 5.96. The first-order chi connectivity index (χ1) is 18.3. The number of carboxylic acid groups (broad SMARTS) is 2. The highest BCUT2D eigenvalue weighted by atomic mass is 16.4. The molecule has 5 atom stereocenters. The number of carbonyl (C=O) groups is 6. The molecule has 4 amide bonds. The topological polar surface area (TPSA) is 267 Å². The maximum absolute atomic E-state index is 12.9. The molecular formula is C24H32N6O9. The minimum Gasteiger partial charge on any atom is -0.481 e. The van der Waals surface area contributed by atoms with Gasteiger partial charge in [0.2, 0.25) is 23.6 Å². The van der Waals surface area contributed by atoms with E-state index in [0.717, 1.165) is 23.4 Å².